The quantitative estimate of drug-likeness (QED) is 0.891. The number of carbonyl (C=O) groups is 1. The Hall–Kier alpha value is -1.85. The van der Waals surface area contributed by atoms with Gasteiger partial charge in [-0.25, -0.2) is 0 Å². The van der Waals surface area contributed by atoms with E-state index >= 15 is 0 Å². The van der Waals surface area contributed by atoms with E-state index in [2.05, 4.69) is 10.5 Å². The van der Waals surface area contributed by atoms with Crippen LogP contribution in [0.4, 0.5) is 0 Å². The van der Waals surface area contributed by atoms with Crippen molar-refractivity contribution in [2.75, 3.05) is 7.11 Å². The van der Waals surface area contributed by atoms with Crippen molar-refractivity contribution in [3.05, 3.63) is 52.4 Å². The smallest absolute Gasteiger partial charge is 0.273 e. The van der Waals surface area contributed by atoms with E-state index in [-0.39, 0.29) is 24.2 Å². The summed E-state index contributed by atoms with van der Waals surface area (Å²) in [5.41, 5.74) is 1.24. The topological polar surface area (TPSA) is 64.4 Å². The average Bonchev–Trinajstić information content (AvgIpc) is 2.90. The van der Waals surface area contributed by atoms with Crippen molar-refractivity contribution in [1.82, 2.24) is 10.5 Å². The molecule has 6 heteroatoms. The summed E-state index contributed by atoms with van der Waals surface area (Å²) in [6.45, 7) is 2.20. The van der Waals surface area contributed by atoms with Crippen LogP contribution in [0.25, 0.3) is 0 Å². The number of halogens is 1. The molecule has 1 amide bonds. The molecule has 1 N–H and O–H groups in total. The molecule has 1 aromatic heterocycles. The van der Waals surface area contributed by atoms with E-state index < -0.39 is 0 Å². The number of hydrogen-bond acceptors (Lipinski definition) is 4. The molecule has 2 aromatic rings. The van der Waals surface area contributed by atoms with E-state index in [1.54, 1.807) is 13.2 Å². The molecule has 0 spiro atoms. The lowest BCUT2D eigenvalue weighted by atomic mass is 10.1. The zero-order valence-corrected chi connectivity index (χ0v) is 12.7. The minimum Gasteiger partial charge on any atom is -0.377 e. The van der Waals surface area contributed by atoms with Crippen LogP contribution >= 0.6 is 11.6 Å². The van der Waals surface area contributed by atoms with Gasteiger partial charge in [0, 0.05) is 24.2 Å². The van der Waals surface area contributed by atoms with E-state index in [0.717, 1.165) is 5.56 Å². The number of nitrogens with one attached hydrogen (secondary N) is 1. The second kappa shape index (κ2) is 7.24. The van der Waals surface area contributed by atoms with Gasteiger partial charge in [0.05, 0.1) is 0 Å². The van der Waals surface area contributed by atoms with Gasteiger partial charge in [-0.2, -0.15) is 0 Å². The van der Waals surface area contributed by atoms with Gasteiger partial charge >= 0.3 is 0 Å². The maximum atomic E-state index is 12.0. The van der Waals surface area contributed by atoms with E-state index in [1.165, 1.54) is 0 Å². The molecule has 0 radical (unpaired) electrons. The summed E-state index contributed by atoms with van der Waals surface area (Å²) in [6.07, 6.45) is 0.647. The van der Waals surface area contributed by atoms with Gasteiger partial charge < -0.3 is 14.6 Å². The van der Waals surface area contributed by atoms with Crippen molar-refractivity contribution in [1.29, 1.82) is 0 Å². The molecular weight excluding hydrogens is 292 g/mol. The van der Waals surface area contributed by atoms with Crippen molar-refractivity contribution in [3.8, 4) is 0 Å². The second-order valence-corrected chi connectivity index (χ2v) is 5.19. The standard InChI is InChI=1S/C15H17ClN2O3/c1-10(7-11-5-3-4-6-13(11)16)17-15(19)14-8-12(9-20-2)21-18-14/h3-6,8,10H,7,9H2,1-2H3,(H,17,19)/t10-/m1/s1. The first-order valence-electron chi connectivity index (χ1n) is 6.59. The first-order valence-corrected chi connectivity index (χ1v) is 6.96. The van der Waals surface area contributed by atoms with Gasteiger partial charge in [0.25, 0.3) is 5.91 Å². The summed E-state index contributed by atoms with van der Waals surface area (Å²) in [5, 5.41) is 7.28. The minimum atomic E-state index is -0.277. The maximum Gasteiger partial charge on any atom is 0.273 e. The largest absolute Gasteiger partial charge is 0.377 e. The van der Waals surface area contributed by atoms with E-state index in [4.69, 9.17) is 20.9 Å². The Morgan fingerprint density at radius 3 is 2.95 bits per heavy atom. The molecule has 0 unspecified atom stereocenters. The van der Waals surface area contributed by atoms with Gasteiger partial charge in [-0.15, -0.1) is 0 Å². The molecule has 21 heavy (non-hydrogen) atoms. The first kappa shape index (κ1) is 15.5. The van der Waals surface area contributed by atoms with Crippen LogP contribution in [0.1, 0.15) is 28.7 Å². The Labute approximate surface area is 128 Å². The number of methoxy groups -OCH3 is 1. The average molecular weight is 309 g/mol. The fourth-order valence-electron chi connectivity index (χ4n) is 1.97. The van der Waals surface area contributed by atoms with Crippen LogP contribution in [0.15, 0.2) is 34.9 Å². The molecule has 0 saturated heterocycles. The third-order valence-corrected chi connectivity index (χ3v) is 3.31. The van der Waals surface area contributed by atoms with Gasteiger partial charge in [0.1, 0.15) is 6.61 Å². The lowest BCUT2D eigenvalue weighted by Crippen LogP contribution is -2.34. The molecule has 1 aromatic carbocycles. The lowest BCUT2D eigenvalue weighted by molar-refractivity contribution is 0.0930. The third kappa shape index (κ3) is 4.31. The molecule has 0 aliphatic carbocycles. The summed E-state index contributed by atoms with van der Waals surface area (Å²) >= 11 is 6.11. The summed E-state index contributed by atoms with van der Waals surface area (Å²) in [5.74, 6) is 0.238. The van der Waals surface area contributed by atoms with Crippen molar-refractivity contribution < 1.29 is 14.1 Å². The second-order valence-electron chi connectivity index (χ2n) is 4.78. The fraction of sp³-hybridized carbons (Fsp3) is 0.333. The molecule has 1 atom stereocenters. The number of nitrogens with zero attached hydrogens (tertiary/aromatic N) is 1. The van der Waals surface area contributed by atoms with Crippen molar-refractivity contribution in [3.63, 3.8) is 0 Å². The molecule has 112 valence electrons. The Bertz CT molecular complexity index is 612. The molecule has 0 bridgehead atoms. The molecule has 2 rings (SSSR count). The lowest BCUT2D eigenvalue weighted by Gasteiger charge is -2.13. The number of aromatic nitrogens is 1. The highest BCUT2D eigenvalue weighted by Crippen LogP contribution is 2.16. The number of benzene rings is 1. The summed E-state index contributed by atoms with van der Waals surface area (Å²) in [4.78, 5) is 12.0. The fourth-order valence-corrected chi connectivity index (χ4v) is 2.19. The molecule has 1 heterocycles. The highest BCUT2D eigenvalue weighted by Gasteiger charge is 2.15. The number of hydrogen-bond donors (Lipinski definition) is 1. The molecule has 0 aliphatic rings. The SMILES string of the molecule is COCc1cc(C(=O)N[C@H](C)Cc2ccccc2Cl)no1. The Morgan fingerprint density at radius 1 is 1.48 bits per heavy atom. The monoisotopic (exact) mass is 308 g/mol. The van der Waals surface area contributed by atoms with Crippen molar-refractivity contribution >= 4 is 17.5 Å². The van der Waals surface area contributed by atoms with Gasteiger partial charge in [0.2, 0.25) is 0 Å². The molecule has 0 aliphatic heterocycles. The van der Waals surface area contributed by atoms with Crippen LogP contribution in [-0.4, -0.2) is 24.2 Å². The van der Waals surface area contributed by atoms with Crippen LogP contribution in [-0.2, 0) is 17.8 Å². The molecule has 0 saturated carbocycles. The normalized spacial score (nSPS) is 12.1. The molecule has 0 fully saturated rings. The Kier molecular flexibility index (Phi) is 5.36. The summed E-state index contributed by atoms with van der Waals surface area (Å²) < 4.78 is 9.90. The van der Waals surface area contributed by atoms with Crippen LogP contribution < -0.4 is 5.32 Å². The van der Waals surface area contributed by atoms with Crippen LogP contribution in [0.3, 0.4) is 0 Å². The van der Waals surface area contributed by atoms with E-state index in [1.807, 2.05) is 31.2 Å². The number of amides is 1. The van der Waals surface area contributed by atoms with E-state index in [9.17, 15) is 4.79 Å². The van der Waals surface area contributed by atoms with Gasteiger partial charge in [-0.3, -0.25) is 4.79 Å². The zero-order valence-electron chi connectivity index (χ0n) is 11.9. The predicted molar refractivity (Wildman–Crippen MR) is 79.3 cm³/mol. The van der Waals surface area contributed by atoms with Crippen LogP contribution in [0.2, 0.25) is 5.02 Å². The zero-order chi connectivity index (χ0) is 15.2. The van der Waals surface area contributed by atoms with E-state index in [0.29, 0.717) is 17.2 Å². The number of rotatable bonds is 6. The predicted octanol–water partition coefficient (Wildman–Crippen LogP) is 2.84. The number of carbonyl (C=O) groups excluding carboxylic acids is 1. The van der Waals surface area contributed by atoms with Gasteiger partial charge in [-0.1, -0.05) is 35.0 Å². The Balaban J connectivity index is 1.94. The first-order chi connectivity index (χ1) is 10.1. The van der Waals surface area contributed by atoms with Crippen molar-refractivity contribution in [2.24, 2.45) is 0 Å². The van der Waals surface area contributed by atoms with Gasteiger partial charge in [-0.05, 0) is 25.0 Å². The van der Waals surface area contributed by atoms with Crippen molar-refractivity contribution in [2.45, 2.75) is 26.0 Å². The molecular formula is C15H17ClN2O3. The molecule has 5 nitrogen and oxygen atoms in total. The highest BCUT2D eigenvalue weighted by atomic mass is 35.5. The van der Waals surface area contributed by atoms with Crippen LogP contribution in [0.5, 0.6) is 0 Å². The summed E-state index contributed by atoms with van der Waals surface area (Å²) in [7, 11) is 1.55. The van der Waals surface area contributed by atoms with Crippen LogP contribution in [0, 0.1) is 0 Å². The van der Waals surface area contributed by atoms with Gasteiger partial charge in [0.15, 0.2) is 11.5 Å². The minimum absolute atomic E-state index is 0.0695. The highest BCUT2D eigenvalue weighted by molar-refractivity contribution is 6.31. The number of ether oxygens (including phenoxy) is 1. The third-order valence-electron chi connectivity index (χ3n) is 2.94. The summed E-state index contributed by atoms with van der Waals surface area (Å²) in [6, 6.07) is 9.07. The Morgan fingerprint density at radius 2 is 2.24 bits per heavy atom. The maximum absolute atomic E-state index is 12.0.